The molecule has 0 N–H and O–H groups in total. The van der Waals surface area contributed by atoms with E-state index in [4.69, 9.17) is 0 Å². The monoisotopic (exact) mass is 675 g/mol. The highest BCUT2D eigenvalue weighted by Gasteiger charge is 2.37. The highest BCUT2D eigenvalue weighted by atomic mass is 28.3. The van der Waals surface area contributed by atoms with Crippen molar-refractivity contribution >= 4 is 30.2 Å². The summed E-state index contributed by atoms with van der Waals surface area (Å²) in [5, 5.41) is -3.94. The number of anilines is 2. The third-order valence-electron chi connectivity index (χ3n) is 8.22. The number of unbranched alkanes of at least 4 members (excludes halogenated alkanes) is 3. The third-order valence-corrected chi connectivity index (χ3v) is 14.3. The number of hydrogen-bond donors (Lipinski definition) is 0. The average Bonchev–Trinajstić information content (AvgIpc) is 3.00. The van der Waals surface area contributed by atoms with Gasteiger partial charge >= 0.3 is 0 Å². The molecule has 0 radical (unpaired) electrons. The van der Waals surface area contributed by atoms with E-state index in [1.807, 2.05) is 0 Å². The first-order valence-corrected chi connectivity index (χ1v) is 17.6. The van der Waals surface area contributed by atoms with Crippen molar-refractivity contribution < 1.29 is 52.7 Å². The molecule has 0 heterocycles. The summed E-state index contributed by atoms with van der Waals surface area (Å²) in [6.07, 6.45) is 4.42. The lowest BCUT2D eigenvalue weighted by molar-refractivity contribution is 0.378. The minimum absolute atomic E-state index is 0.119. The molecule has 0 bridgehead atoms. The molecule has 14 heteroatoms. The summed E-state index contributed by atoms with van der Waals surface area (Å²) in [5.74, 6) is -30.2. The van der Waals surface area contributed by atoms with Crippen LogP contribution < -0.4 is 4.90 Å². The fourth-order valence-electron chi connectivity index (χ4n) is 6.34. The van der Waals surface area contributed by atoms with Crippen LogP contribution in [0.1, 0.15) is 65.7 Å². The molecule has 3 rings (SSSR count). The molecule has 0 saturated carbocycles. The molecule has 3 aromatic carbocycles. The van der Waals surface area contributed by atoms with E-state index in [9.17, 15) is 39.5 Å². The quantitative estimate of drug-likeness (QED) is 0.0510. The van der Waals surface area contributed by atoms with Crippen molar-refractivity contribution in [3.63, 3.8) is 0 Å². The van der Waals surface area contributed by atoms with Crippen molar-refractivity contribution in [2.45, 2.75) is 89.9 Å². The number of fused-ring (bicyclic) bond motifs is 1. The molecular formula is C31H33F12NSi. The summed E-state index contributed by atoms with van der Waals surface area (Å²) in [4.78, 5) is -0.119. The maximum absolute atomic E-state index is 15.7. The fourth-order valence-corrected chi connectivity index (χ4v) is 12.0. The Labute approximate surface area is 254 Å². The second-order valence-electron chi connectivity index (χ2n) is 11.3. The van der Waals surface area contributed by atoms with Gasteiger partial charge in [0.15, 0.2) is 64.0 Å². The third kappa shape index (κ3) is 6.95. The molecule has 0 aliphatic rings. The van der Waals surface area contributed by atoms with Crippen LogP contribution in [0.25, 0.3) is 10.8 Å². The standard InChI is InChI=1S/C31H33F12NSi/c1-4-12-45(13-5-2,14-6-3)15-10-8-7-9-11-44(31-28(42)25(39)24(38)26(40)29(31)43)30-21(35)17-16(20(34)27(30)41)18(32)22(36)23(37)19(17)33/h4-15H2,1-3H3. The molecule has 250 valence electrons. The Kier molecular flexibility index (Phi) is 12.3. The molecule has 0 atom stereocenters. The number of benzene rings is 3. The van der Waals surface area contributed by atoms with Gasteiger partial charge < -0.3 is 4.90 Å². The topological polar surface area (TPSA) is 3.24 Å². The Morgan fingerprint density at radius 1 is 0.378 bits per heavy atom. The van der Waals surface area contributed by atoms with Gasteiger partial charge in [0.1, 0.15) is 11.4 Å². The van der Waals surface area contributed by atoms with Crippen molar-refractivity contribution in [1.29, 1.82) is 0 Å². The molecule has 45 heavy (non-hydrogen) atoms. The zero-order valence-electron chi connectivity index (χ0n) is 25.0. The number of rotatable bonds is 15. The summed E-state index contributed by atoms with van der Waals surface area (Å²) in [6.45, 7) is 5.45. The van der Waals surface area contributed by atoms with E-state index in [0.717, 1.165) is 49.9 Å². The molecule has 3 aromatic rings. The molecule has 0 amide bonds. The smallest absolute Gasteiger partial charge is 0.200 e. The second-order valence-corrected chi connectivity index (χ2v) is 16.3. The van der Waals surface area contributed by atoms with Gasteiger partial charge in [0.2, 0.25) is 5.82 Å². The van der Waals surface area contributed by atoms with Gasteiger partial charge in [0.25, 0.3) is 0 Å². The van der Waals surface area contributed by atoms with Crippen LogP contribution in [0.3, 0.4) is 0 Å². The highest BCUT2D eigenvalue weighted by Crippen LogP contribution is 2.43. The molecule has 0 fully saturated rings. The zero-order valence-corrected chi connectivity index (χ0v) is 26.0. The first kappa shape index (κ1) is 36.6. The van der Waals surface area contributed by atoms with E-state index in [2.05, 4.69) is 20.8 Å². The lowest BCUT2D eigenvalue weighted by Gasteiger charge is -2.31. The Balaban J connectivity index is 2.08. The Bertz CT molecular complexity index is 1500. The minimum atomic E-state index is -2.60. The first-order chi connectivity index (χ1) is 21.2. The first-order valence-electron chi connectivity index (χ1n) is 14.8. The molecule has 0 aliphatic heterocycles. The van der Waals surface area contributed by atoms with Gasteiger partial charge in [-0.1, -0.05) is 83.5 Å². The Hall–Kier alpha value is -2.90. The Morgan fingerprint density at radius 2 is 0.711 bits per heavy atom. The highest BCUT2D eigenvalue weighted by molar-refractivity contribution is 6.79. The summed E-state index contributed by atoms with van der Waals surface area (Å²) < 4.78 is 175. The van der Waals surface area contributed by atoms with E-state index < -0.39 is 107 Å². The molecule has 0 unspecified atom stereocenters. The largest absolute Gasteiger partial charge is 0.332 e. The van der Waals surface area contributed by atoms with Gasteiger partial charge in [0, 0.05) is 6.54 Å². The van der Waals surface area contributed by atoms with Gasteiger partial charge in [-0.15, -0.1) is 0 Å². The van der Waals surface area contributed by atoms with Crippen LogP contribution >= 0.6 is 0 Å². The summed E-state index contributed by atoms with van der Waals surface area (Å²) in [6, 6.07) is 4.39. The van der Waals surface area contributed by atoms with Gasteiger partial charge in [-0.3, -0.25) is 0 Å². The normalized spacial score (nSPS) is 12.1. The number of hydrogen-bond acceptors (Lipinski definition) is 1. The number of nitrogens with zero attached hydrogens (tertiary/aromatic N) is 1. The minimum Gasteiger partial charge on any atom is -0.332 e. The summed E-state index contributed by atoms with van der Waals surface area (Å²) in [7, 11) is -1.57. The number of halogens is 12. The van der Waals surface area contributed by atoms with Gasteiger partial charge in [-0.05, 0) is 6.42 Å². The van der Waals surface area contributed by atoms with Gasteiger partial charge in [-0.2, -0.15) is 0 Å². The van der Waals surface area contributed by atoms with Crippen molar-refractivity contribution in [2.75, 3.05) is 11.4 Å². The molecule has 0 saturated heterocycles. The van der Waals surface area contributed by atoms with Gasteiger partial charge in [0.05, 0.1) is 18.8 Å². The van der Waals surface area contributed by atoms with E-state index in [0.29, 0.717) is 6.42 Å². The van der Waals surface area contributed by atoms with Crippen molar-refractivity contribution in [1.82, 2.24) is 0 Å². The predicted molar refractivity (Wildman–Crippen MR) is 151 cm³/mol. The van der Waals surface area contributed by atoms with Crippen LogP contribution in [0.2, 0.25) is 24.2 Å². The van der Waals surface area contributed by atoms with Gasteiger partial charge in [-0.25, -0.2) is 52.7 Å². The van der Waals surface area contributed by atoms with Crippen LogP contribution in [-0.4, -0.2) is 14.6 Å². The van der Waals surface area contributed by atoms with Crippen LogP contribution in [0, 0.1) is 69.8 Å². The van der Waals surface area contributed by atoms with Crippen molar-refractivity contribution in [3.05, 3.63) is 69.8 Å². The van der Waals surface area contributed by atoms with Crippen molar-refractivity contribution in [3.8, 4) is 0 Å². The van der Waals surface area contributed by atoms with Crippen LogP contribution in [0.5, 0.6) is 0 Å². The van der Waals surface area contributed by atoms with E-state index in [-0.39, 0.29) is 17.7 Å². The second kappa shape index (κ2) is 15.1. The molecule has 0 aromatic heterocycles. The lowest BCUT2D eigenvalue weighted by atomic mass is 10.0. The van der Waals surface area contributed by atoms with E-state index >= 15 is 13.2 Å². The maximum atomic E-state index is 15.7. The summed E-state index contributed by atoms with van der Waals surface area (Å²) in [5.41, 5.74) is -3.78. The molecule has 0 aliphatic carbocycles. The van der Waals surface area contributed by atoms with Crippen LogP contribution in [0.4, 0.5) is 64.1 Å². The van der Waals surface area contributed by atoms with Crippen molar-refractivity contribution in [2.24, 2.45) is 0 Å². The van der Waals surface area contributed by atoms with E-state index in [1.54, 1.807) is 0 Å². The fraction of sp³-hybridized carbons (Fsp3) is 0.484. The van der Waals surface area contributed by atoms with Crippen LogP contribution in [0.15, 0.2) is 0 Å². The summed E-state index contributed by atoms with van der Waals surface area (Å²) >= 11 is 0. The maximum Gasteiger partial charge on any atom is 0.200 e. The lowest BCUT2D eigenvalue weighted by Crippen LogP contribution is -2.33. The average molecular weight is 676 g/mol. The van der Waals surface area contributed by atoms with Crippen LogP contribution in [-0.2, 0) is 0 Å². The SMILES string of the molecule is CCC[Si](CCC)(CCC)CCCCCCN(c1c(F)c(F)c(F)c(F)c1F)c1c(F)c(F)c2c(F)c(F)c(F)c(F)c2c1F. The molecule has 0 spiro atoms. The van der Waals surface area contributed by atoms with E-state index in [1.165, 1.54) is 0 Å². The molecular weight excluding hydrogens is 642 g/mol. The molecule has 1 nitrogen and oxygen atoms in total. The predicted octanol–water partition coefficient (Wildman–Crippen LogP) is 11.9. The zero-order chi connectivity index (χ0) is 33.8. The Morgan fingerprint density at radius 3 is 1.18 bits per heavy atom.